The lowest BCUT2D eigenvalue weighted by atomic mass is 10.0. The van der Waals surface area contributed by atoms with Gasteiger partial charge in [0.25, 0.3) is 0 Å². The Hall–Kier alpha value is -3.83. The number of amides is 1. The Morgan fingerprint density at radius 3 is 2.84 bits per heavy atom. The molecule has 2 atom stereocenters. The van der Waals surface area contributed by atoms with Crippen molar-refractivity contribution in [2.75, 3.05) is 37.0 Å². The van der Waals surface area contributed by atoms with Crippen LogP contribution in [-0.2, 0) is 11.2 Å². The lowest BCUT2D eigenvalue weighted by Gasteiger charge is -2.22. The molecule has 0 radical (unpaired) electrons. The molecular weight excluding hydrogens is 489 g/mol. The number of aliphatic hydroxyl groups is 1. The van der Waals surface area contributed by atoms with Gasteiger partial charge >= 0.3 is 6.01 Å². The van der Waals surface area contributed by atoms with Gasteiger partial charge < -0.3 is 31.1 Å². The Morgan fingerprint density at radius 1 is 1.34 bits per heavy atom. The number of hydrogen-bond acceptors (Lipinski definition) is 9. The molecule has 1 spiro atoms. The molecule has 2 aromatic heterocycles. The van der Waals surface area contributed by atoms with Gasteiger partial charge in [0.2, 0.25) is 5.91 Å². The van der Waals surface area contributed by atoms with Crippen LogP contribution in [0.5, 0.6) is 11.8 Å². The first-order valence-corrected chi connectivity index (χ1v) is 12.7. The van der Waals surface area contributed by atoms with Crippen LogP contribution in [0.15, 0.2) is 30.5 Å². The summed E-state index contributed by atoms with van der Waals surface area (Å²) in [4.78, 5) is 28.5. The van der Waals surface area contributed by atoms with Gasteiger partial charge in [0.15, 0.2) is 0 Å². The second-order valence-electron chi connectivity index (χ2n) is 10.4. The number of nitrogens with one attached hydrogen (secondary N) is 2. The van der Waals surface area contributed by atoms with E-state index in [1.54, 1.807) is 13.2 Å². The first kappa shape index (κ1) is 24.5. The molecule has 2 fully saturated rings. The van der Waals surface area contributed by atoms with E-state index in [1.807, 2.05) is 19.1 Å². The van der Waals surface area contributed by atoms with E-state index >= 15 is 0 Å². The Balaban J connectivity index is 1.41. The zero-order chi connectivity index (χ0) is 26.6. The number of nitrogens with two attached hydrogens (primary N) is 1. The summed E-state index contributed by atoms with van der Waals surface area (Å²) in [6, 6.07) is 5.74. The summed E-state index contributed by atoms with van der Waals surface area (Å²) in [6.45, 7) is 2.65. The molecule has 3 aliphatic rings. The normalized spacial score (nSPS) is 19.2. The van der Waals surface area contributed by atoms with Gasteiger partial charge in [-0.1, -0.05) is 0 Å². The average molecular weight is 520 g/mol. The van der Waals surface area contributed by atoms with E-state index in [1.165, 1.54) is 12.1 Å². The summed E-state index contributed by atoms with van der Waals surface area (Å²) in [5, 5.41) is 15.5. The molecule has 1 amide bonds. The highest BCUT2D eigenvalue weighted by molar-refractivity contribution is 5.88. The number of carbonyl (C=O) groups is 1. The minimum Gasteiger partial charge on any atom is -0.423 e. The second kappa shape index (κ2) is 9.17. The maximum absolute atomic E-state index is 14.7. The number of aliphatic hydroxyl groups excluding tert-OH is 1. The SMILES string of the molecule is CNc1cc(F)cc2c1Cc1nc(Oc3ccc(C)nc3)nc(N3C[C@@H](NC(=O)[C@@H](N)CO)C4(CC4)C3)c1-2. The van der Waals surface area contributed by atoms with Crippen LogP contribution in [0, 0.1) is 18.2 Å². The van der Waals surface area contributed by atoms with Crippen molar-refractivity contribution in [1.29, 1.82) is 0 Å². The van der Waals surface area contributed by atoms with Gasteiger partial charge in [0, 0.05) is 48.9 Å². The van der Waals surface area contributed by atoms with Crippen molar-refractivity contribution < 1.29 is 19.0 Å². The molecule has 38 heavy (non-hydrogen) atoms. The van der Waals surface area contributed by atoms with E-state index in [-0.39, 0.29) is 29.2 Å². The third-order valence-corrected chi connectivity index (χ3v) is 7.82. The Morgan fingerprint density at radius 2 is 2.16 bits per heavy atom. The van der Waals surface area contributed by atoms with Crippen LogP contribution in [0.2, 0.25) is 0 Å². The zero-order valence-electron chi connectivity index (χ0n) is 21.3. The maximum Gasteiger partial charge on any atom is 0.324 e. The van der Waals surface area contributed by atoms with Crippen molar-refractivity contribution in [2.24, 2.45) is 11.1 Å². The van der Waals surface area contributed by atoms with Gasteiger partial charge in [-0.15, -0.1) is 0 Å². The van der Waals surface area contributed by atoms with E-state index in [2.05, 4.69) is 20.5 Å². The molecule has 0 bridgehead atoms. The van der Waals surface area contributed by atoms with Crippen LogP contribution in [0.3, 0.4) is 0 Å². The lowest BCUT2D eigenvalue weighted by molar-refractivity contribution is -0.124. The third-order valence-electron chi connectivity index (χ3n) is 7.82. The lowest BCUT2D eigenvalue weighted by Crippen LogP contribution is -2.50. The molecular formula is C27H30FN7O3. The second-order valence-corrected chi connectivity index (χ2v) is 10.4. The molecule has 5 N–H and O–H groups in total. The molecule has 10 nitrogen and oxygen atoms in total. The highest BCUT2D eigenvalue weighted by Gasteiger charge is 2.56. The average Bonchev–Trinajstić information content (AvgIpc) is 3.47. The number of anilines is 2. The minimum absolute atomic E-state index is 0.0932. The molecule has 6 rings (SSSR count). The first-order valence-electron chi connectivity index (χ1n) is 12.7. The fraction of sp³-hybridized carbons (Fsp3) is 0.407. The smallest absolute Gasteiger partial charge is 0.324 e. The van der Waals surface area contributed by atoms with Crippen molar-refractivity contribution >= 4 is 17.4 Å². The van der Waals surface area contributed by atoms with Crippen molar-refractivity contribution in [1.82, 2.24) is 20.3 Å². The van der Waals surface area contributed by atoms with Gasteiger partial charge in [0.05, 0.1) is 24.5 Å². The highest BCUT2D eigenvalue weighted by atomic mass is 19.1. The summed E-state index contributed by atoms with van der Waals surface area (Å²) < 4.78 is 20.7. The number of aryl methyl sites for hydroxylation is 1. The number of hydrogen-bond donors (Lipinski definition) is 4. The minimum atomic E-state index is -0.971. The topological polar surface area (TPSA) is 139 Å². The molecule has 3 heterocycles. The fourth-order valence-corrected chi connectivity index (χ4v) is 5.57. The van der Waals surface area contributed by atoms with Gasteiger partial charge in [0.1, 0.15) is 23.4 Å². The summed E-state index contributed by atoms with van der Waals surface area (Å²) in [6.07, 6.45) is 4.05. The molecule has 1 aliphatic heterocycles. The summed E-state index contributed by atoms with van der Waals surface area (Å²) >= 11 is 0. The third kappa shape index (κ3) is 4.21. The predicted octanol–water partition coefficient (Wildman–Crippen LogP) is 2.13. The van der Waals surface area contributed by atoms with E-state index in [4.69, 9.17) is 20.4 Å². The van der Waals surface area contributed by atoms with E-state index in [0.717, 1.165) is 40.9 Å². The molecule has 198 valence electrons. The molecule has 1 saturated heterocycles. The number of pyridine rings is 1. The molecule has 0 unspecified atom stereocenters. The van der Waals surface area contributed by atoms with E-state index < -0.39 is 12.6 Å². The van der Waals surface area contributed by atoms with Crippen LogP contribution in [0.25, 0.3) is 11.1 Å². The van der Waals surface area contributed by atoms with Crippen LogP contribution < -0.4 is 26.0 Å². The van der Waals surface area contributed by atoms with Gasteiger partial charge in [-0.2, -0.15) is 9.97 Å². The van der Waals surface area contributed by atoms with Crippen LogP contribution >= 0.6 is 0 Å². The fourth-order valence-electron chi connectivity index (χ4n) is 5.57. The first-order chi connectivity index (χ1) is 18.3. The Labute approximate surface area is 219 Å². The van der Waals surface area contributed by atoms with Gasteiger partial charge in [-0.05, 0) is 55.2 Å². The number of ether oxygens (including phenoxy) is 1. The highest BCUT2D eigenvalue weighted by Crippen LogP contribution is 2.55. The van der Waals surface area contributed by atoms with E-state index in [9.17, 15) is 14.3 Å². The Kier molecular flexibility index (Phi) is 5.92. The van der Waals surface area contributed by atoms with Crippen LogP contribution in [-0.4, -0.2) is 64.8 Å². The quantitative estimate of drug-likeness (QED) is 0.289. The van der Waals surface area contributed by atoms with Gasteiger partial charge in [-0.25, -0.2) is 4.39 Å². The number of carbonyl (C=O) groups excluding carboxylic acids is 1. The van der Waals surface area contributed by atoms with E-state index in [0.29, 0.717) is 36.8 Å². The molecule has 3 aromatic rings. The number of halogens is 1. The zero-order valence-corrected chi connectivity index (χ0v) is 21.3. The van der Waals surface area contributed by atoms with Crippen molar-refractivity contribution in [3.63, 3.8) is 0 Å². The summed E-state index contributed by atoms with van der Waals surface area (Å²) in [7, 11) is 1.77. The number of benzene rings is 1. The van der Waals surface area contributed by atoms with Gasteiger partial charge in [-0.3, -0.25) is 9.78 Å². The summed E-state index contributed by atoms with van der Waals surface area (Å²) in [5.41, 5.74) is 10.5. The molecule has 1 aromatic carbocycles. The summed E-state index contributed by atoms with van der Waals surface area (Å²) in [5.74, 6) is 0.440. The largest absolute Gasteiger partial charge is 0.423 e. The Bertz CT molecular complexity index is 1410. The van der Waals surface area contributed by atoms with Crippen LogP contribution in [0.4, 0.5) is 15.9 Å². The molecule has 11 heteroatoms. The predicted molar refractivity (Wildman–Crippen MR) is 140 cm³/mol. The van der Waals surface area contributed by atoms with Crippen molar-refractivity contribution in [3.05, 3.63) is 53.2 Å². The monoisotopic (exact) mass is 519 g/mol. The number of fused-ring (bicyclic) bond motifs is 3. The molecule has 1 saturated carbocycles. The van der Waals surface area contributed by atoms with Crippen molar-refractivity contribution in [2.45, 2.75) is 38.3 Å². The molecule has 2 aliphatic carbocycles. The number of nitrogens with zero attached hydrogens (tertiary/aromatic N) is 4. The maximum atomic E-state index is 14.7. The number of rotatable bonds is 7. The van der Waals surface area contributed by atoms with Crippen LogP contribution in [0.1, 0.15) is 29.8 Å². The standard InChI is InChI=1S/C27H30FN7O3/c1-14-3-4-16(10-31-14)38-26-32-21-9-17-18(7-15(28)8-20(17)30-2)23(21)24(34-26)35-11-22(27(13-35)5-6-27)33-25(37)19(29)12-36/h3-4,7-8,10,19,22,30,36H,5-6,9,11-13,29H2,1-2H3,(H,33,37)/t19-,22+/m0/s1. The number of aromatic nitrogens is 3. The van der Waals surface area contributed by atoms with Crippen molar-refractivity contribution in [3.8, 4) is 22.9 Å².